The zero-order chi connectivity index (χ0) is 17.9. The van der Waals surface area contributed by atoms with Crippen LogP contribution in [-0.2, 0) is 11.2 Å². The number of rotatable bonds is 5. The zero-order valence-corrected chi connectivity index (χ0v) is 15.1. The van der Waals surface area contributed by atoms with E-state index >= 15 is 0 Å². The Balaban J connectivity index is 1.52. The number of aromatic amines is 1. The highest BCUT2D eigenvalue weighted by Gasteiger charge is 2.23. The van der Waals surface area contributed by atoms with Gasteiger partial charge in [0.1, 0.15) is 11.4 Å². The first-order chi connectivity index (χ1) is 12.7. The standard InChI is InChI=1S/C21H24N4O/c1-14(26)10-15-4-2-5-16(11-15)12-17-7-9-23-21(25-17)19-13-24-20-18(19)6-3-8-22-20/h3,6-9,13,15-16H,2,4-5,10-12H2,1H3,(H,22,24). The van der Waals surface area contributed by atoms with Gasteiger partial charge in [0.15, 0.2) is 5.82 Å². The molecule has 0 saturated heterocycles. The van der Waals surface area contributed by atoms with Gasteiger partial charge in [0.2, 0.25) is 0 Å². The number of Topliss-reactive ketones (excluding diaryl/α,β-unsaturated/α-hetero) is 1. The van der Waals surface area contributed by atoms with Crippen LogP contribution < -0.4 is 0 Å². The molecule has 1 fully saturated rings. The van der Waals surface area contributed by atoms with Crippen molar-refractivity contribution in [2.24, 2.45) is 11.8 Å². The monoisotopic (exact) mass is 348 g/mol. The van der Waals surface area contributed by atoms with E-state index in [4.69, 9.17) is 4.98 Å². The largest absolute Gasteiger partial charge is 0.345 e. The Kier molecular flexibility index (Phi) is 4.78. The molecule has 2 unspecified atom stereocenters. The first kappa shape index (κ1) is 16.9. The van der Waals surface area contributed by atoms with Crippen LogP contribution in [0, 0.1) is 11.8 Å². The van der Waals surface area contributed by atoms with Crippen molar-refractivity contribution < 1.29 is 4.79 Å². The quantitative estimate of drug-likeness (QED) is 0.744. The van der Waals surface area contributed by atoms with Gasteiger partial charge in [-0.05, 0) is 49.8 Å². The minimum absolute atomic E-state index is 0.313. The van der Waals surface area contributed by atoms with E-state index in [1.165, 1.54) is 19.3 Å². The molecule has 0 aliphatic heterocycles. The van der Waals surface area contributed by atoms with Crippen LogP contribution in [0.2, 0.25) is 0 Å². The maximum absolute atomic E-state index is 11.4. The van der Waals surface area contributed by atoms with Crippen LogP contribution in [-0.4, -0.2) is 25.7 Å². The number of hydrogen-bond acceptors (Lipinski definition) is 4. The molecule has 2 atom stereocenters. The summed E-state index contributed by atoms with van der Waals surface area (Å²) in [5.41, 5.74) is 2.94. The van der Waals surface area contributed by atoms with Crippen molar-refractivity contribution in [1.29, 1.82) is 0 Å². The highest BCUT2D eigenvalue weighted by molar-refractivity contribution is 5.91. The fourth-order valence-corrected chi connectivity index (χ4v) is 4.26. The molecule has 0 aromatic carbocycles. The lowest BCUT2D eigenvalue weighted by atomic mass is 9.77. The first-order valence-electron chi connectivity index (χ1n) is 9.43. The van der Waals surface area contributed by atoms with Crippen LogP contribution in [0.25, 0.3) is 22.4 Å². The molecule has 1 N–H and O–H groups in total. The predicted octanol–water partition coefficient (Wildman–Crippen LogP) is 4.35. The topological polar surface area (TPSA) is 71.5 Å². The molecule has 26 heavy (non-hydrogen) atoms. The summed E-state index contributed by atoms with van der Waals surface area (Å²) in [4.78, 5) is 28.3. The van der Waals surface area contributed by atoms with Crippen LogP contribution in [0.15, 0.2) is 36.8 Å². The van der Waals surface area contributed by atoms with Crippen molar-refractivity contribution in [3.8, 4) is 11.4 Å². The van der Waals surface area contributed by atoms with Crippen LogP contribution in [0.1, 0.15) is 44.7 Å². The number of hydrogen-bond donors (Lipinski definition) is 1. The van der Waals surface area contributed by atoms with Crippen molar-refractivity contribution in [2.45, 2.75) is 45.4 Å². The number of carbonyl (C=O) groups excluding carboxylic acids is 1. The molecule has 4 rings (SSSR count). The third-order valence-corrected chi connectivity index (χ3v) is 5.37. The van der Waals surface area contributed by atoms with E-state index in [1.54, 1.807) is 13.1 Å². The summed E-state index contributed by atoms with van der Waals surface area (Å²) >= 11 is 0. The van der Waals surface area contributed by atoms with Crippen LogP contribution in [0.3, 0.4) is 0 Å². The highest BCUT2D eigenvalue weighted by atomic mass is 16.1. The molecule has 0 bridgehead atoms. The van der Waals surface area contributed by atoms with Crippen molar-refractivity contribution in [2.75, 3.05) is 0 Å². The van der Waals surface area contributed by atoms with Crippen molar-refractivity contribution in [3.05, 3.63) is 42.5 Å². The molecule has 0 spiro atoms. The van der Waals surface area contributed by atoms with Gasteiger partial charge in [0.05, 0.1) is 0 Å². The molecule has 3 aromatic heterocycles. The lowest BCUT2D eigenvalue weighted by Crippen LogP contribution is -2.19. The van der Waals surface area contributed by atoms with Gasteiger partial charge in [0.25, 0.3) is 0 Å². The summed E-state index contributed by atoms with van der Waals surface area (Å²) in [6.45, 7) is 1.70. The second-order valence-electron chi connectivity index (χ2n) is 7.48. The maximum Gasteiger partial charge on any atom is 0.161 e. The van der Waals surface area contributed by atoms with Gasteiger partial charge in [-0.15, -0.1) is 0 Å². The van der Waals surface area contributed by atoms with E-state index in [9.17, 15) is 4.79 Å². The Morgan fingerprint density at radius 1 is 1.19 bits per heavy atom. The van der Waals surface area contributed by atoms with Gasteiger partial charge < -0.3 is 9.78 Å². The average molecular weight is 348 g/mol. The fourth-order valence-electron chi connectivity index (χ4n) is 4.26. The summed E-state index contributed by atoms with van der Waals surface area (Å²) in [5.74, 6) is 2.22. The zero-order valence-electron chi connectivity index (χ0n) is 15.1. The van der Waals surface area contributed by atoms with Crippen molar-refractivity contribution >= 4 is 16.8 Å². The third-order valence-electron chi connectivity index (χ3n) is 5.37. The number of H-pyrrole nitrogens is 1. The van der Waals surface area contributed by atoms with Gasteiger partial charge in [-0.2, -0.15) is 0 Å². The number of aromatic nitrogens is 4. The van der Waals surface area contributed by atoms with E-state index in [-0.39, 0.29) is 0 Å². The predicted molar refractivity (Wildman–Crippen MR) is 102 cm³/mol. The minimum atomic E-state index is 0.313. The molecular weight excluding hydrogens is 324 g/mol. The van der Waals surface area contributed by atoms with Gasteiger partial charge in [-0.25, -0.2) is 15.0 Å². The van der Waals surface area contributed by atoms with E-state index in [0.717, 1.165) is 47.4 Å². The molecule has 1 aliphatic rings. The van der Waals surface area contributed by atoms with Gasteiger partial charge in [-0.3, -0.25) is 0 Å². The Morgan fingerprint density at radius 3 is 2.96 bits per heavy atom. The second-order valence-corrected chi connectivity index (χ2v) is 7.48. The average Bonchev–Trinajstić information content (AvgIpc) is 3.06. The Hall–Kier alpha value is -2.56. The van der Waals surface area contributed by atoms with E-state index < -0.39 is 0 Å². The third kappa shape index (κ3) is 3.66. The number of pyridine rings is 1. The molecule has 1 saturated carbocycles. The van der Waals surface area contributed by atoms with E-state index in [2.05, 4.69) is 15.0 Å². The summed E-state index contributed by atoms with van der Waals surface area (Å²) < 4.78 is 0. The van der Waals surface area contributed by atoms with E-state index in [0.29, 0.717) is 17.6 Å². The molecule has 0 radical (unpaired) electrons. The van der Waals surface area contributed by atoms with Crippen molar-refractivity contribution in [1.82, 2.24) is 19.9 Å². The summed E-state index contributed by atoms with van der Waals surface area (Å²) in [7, 11) is 0. The lowest BCUT2D eigenvalue weighted by molar-refractivity contribution is -0.118. The number of carbonyl (C=O) groups is 1. The lowest BCUT2D eigenvalue weighted by Gasteiger charge is -2.28. The normalized spacial score (nSPS) is 20.3. The Morgan fingerprint density at radius 2 is 2.08 bits per heavy atom. The Labute approximate surface area is 153 Å². The highest BCUT2D eigenvalue weighted by Crippen LogP contribution is 2.33. The maximum atomic E-state index is 11.4. The van der Waals surface area contributed by atoms with Gasteiger partial charge in [-0.1, -0.05) is 19.3 Å². The molecule has 5 nitrogen and oxygen atoms in total. The molecule has 134 valence electrons. The second kappa shape index (κ2) is 7.36. The van der Waals surface area contributed by atoms with Crippen LogP contribution in [0.5, 0.6) is 0 Å². The first-order valence-corrected chi connectivity index (χ1v) is 9.43. The SMILES string of the molecule is CC(=O)CC1CCCC(Cc2ccnc(-c3c[nH]c4ncccc34)n2)C1. The number of nitrogens with one attached hydrogen (secondary N) is 1. The fraction of sp³-hybridized carbons (Fsp3) is 0.429. The number of fused-ring (bicyclic) bond motifs is 1. The van der Waals surface area contributed by atoms with Crippen molar-refractivity contribution in [3.63, 3.8) is 0 Å². The smallest absolute Gasteiger partial charge is 0.161 e. The summed E-state index contributed by atoms with van der Waals surface area (Å²) in [6.07, 6.45) is 12.0. The summed E-state index contributed by atoms with van der Waals surface area (Å²) in [6, 6.07) is 5.99. The Bertz CT molecular complexity index is 917. The molecule has 0 amide bonds. The van der Waals surface area contributed by atoms with Crippen LogP contribution in [0.4, 0.5) is 0 Å². The van der Waals surface area contributed by atoms with Gasteiger partial charge >= 0.3 is 0 Å². The van der Waals surface area contributed by atoms with Crippen LogP contribution >= 0.6 is 0 Å². The molecule has 1 aliphatic carbocycles. The molecule has 5 heteroatoms. The minimum Gasteiger partial charge on any atom is -0.345 e. The number of nitrogens with zero attached hydrogens (tertiary/aromatic N) is 3. The molecular formula is C21H24N4O. The number of ketones is 1. The summed E-state index contributed by atoms with van der Waals surface area (Å²) in [5, 5.41) is 1.05. The van der Waals surface area contributed by atoms with E-state index in [1.807, 2.05) is 30.6 Å². The molecule has 3 aromatic rings. The molecule has 3 heterocycles. The van der Waals surface area contributed by atoms with Gasteiger partial charge in [0, 0.05) is 41.7 Å².